The minimum absolute atomic E-state index is 0.113. The molecule has 0 aromatic carbocycles. The third-order valence-corrected chi connectivity index (χ3v) is 6.27. The van der Waals surface area contributed by atoms with E-state index in [-0.39, 0.29) is 12.1 Å². The molecule has 0 radical (unpaired) electrons. The number of esters is 1. The molecule has 3 nitrogen and oxygen atoms in total. The maximum Gasteiger partial charge on any atom is 0.306 e. The van der Waals surface area contributed by atoms with Crippen LogP contribution in [-0.4, -0.2) is 18.4 Å². The fraction of sp³-hybridized carbons (Fsp3) is 0.929. The highest BCUT2D eigenvalue weighted by Gasteiger charge is 2.13. The number of aldehydes is 1. The number of ether oxygens (including phenoxy) is 1. The monoisotopic (exact) mass is 438 g/mol. The predicted octanol–water partition coefficient (Wildman–Crippen LogP) is 9.11. The molecule has 1 atom stereocenters. The summed E-state index contributed by atoms with van der Waals surface area (Å²) < 4.78 is 5.58. The molecule has 0 fully saturated rings. The van der Waals surface area contributed by atoms with Crippen LogP contribution in [0.2, 0.25) is 0 Å². The maximum atomic E-state index is 12.1. The van der Waals surface area contributed by atoms with Crippen molar-refractivity contribution in [1.82, 2.24) is 0 Å². The minimum Gasteiger partial charge on any atom is -0.462 e. The highest BCUT2D eigenvalue weighted by atomic mass is 16.5. The molecule has 184 valence electrons. The molecule has 0 rings (SSSR count). The molecule has 3 heteroatoms. The van der Waals surface area contributed by atoms with Crippen LogP contribution in [-0.2, 0) is 14.3 Å². The van der Waals surface area contributed by atoms with E-state index in [1.165, 1.54) is 109 Å². The summed E-state index contributed by atoms with van der Waals surface area (Å²) in [5, 5.41) is 0. The summed E-state index contributed by atoms with van der Waals surface area (Å²) in [6, 6.07) is 0. The fourth-order valence-electron chi connectivity index (χ4n) is 4.19. The lowest BCUT2D eigenvalue weighted by molar-refractivity contribution is -0.150. The highest BCUT2D eigenvalue weighted by molar-refractivity contribution is 5.69. The Balaban J connectivity index is 3.56. The first-order valence-corrected chi connectivity index (χ1v) is 13.9. The van der Waals surface area contributed by atoms with Crippen molar-refractivity contribution in [2.75, 3.05) is 0 Å². The normalized spacial score (nSPS) is 12.1. The average Bonchev–Trinajstić information content (AvgIpc) is 2.76. The van der Waals surface area contributed by atoms with Crippen molar-refractivity contribution in [3.8, 4) is 0 Å². The first-order chi connectivity index (χ1) is 15.2. The third-order valence-electron chi connectivity index (χ3n) is 6.27. The average molecular weight is 439 g/mol. The second kappa shape index (κ2) is 25.4. The molecule has 0 aliphatic heterocycles. The Hall–Kier alpha value is -0.860. The molecule has 1 unspecified atom stereocenters. The summed E-state index contributed by atoms with van der Waals surface area (Å²) in [4.78, 5) is 23.0. The van der Waals surface area contributed by atoms with E-state index in [4.69, 9.17) is 4.74 Å². The molecule has 0 heterocycles. The molecule has 31 heavy (non-hydrogen) atoms. The van der Waals surface area contributed by atoms with Gasteiger partial charge in [0.25, 0.3) is 0 Å². The van der Waals surface area contributed by atoms with Gasteiger partial charge < -0.3 is 9.53 Å². The highest BCUT2D eigenvalue weighted by Crippen LogP contribution is 2.15. The summed E-state index contributed by atoms with van der Waals surface area (Å²) in [6.07, 6.45) is 28.0. The van der Waals surface area contributed by atoms with Crippen LogP contribution in [0.15, 0.2) is 0 Å². The Bertz CT molecular complexity index is 380. The lowest BCUT2D eigenvalue weighted by Gasteiger charge is -2.15. The van der Waals surface area contributed by atoms with E-state index < -0.39 is 0 Å². The van der Waals surface area contributed by atoms with E-state index in [9.17, 15) is 9.59 Å². The number of unbranched alkanes of at least 4 members (excludes halogenated alkanes) is 18. The Kier molecular flexibility index (Phi) is 24.7. The van der Waals surface area contributed by atoms with Crippen LogP contribution >= 0.6 is 0 Å². The maximum absolute atomic E-state index is 12.1. The topological polar surface area (TPSA) is 43.4 Å². The standard InChI is InChI=1S/C28H54O3/c1-3-5-7-9-11-13-14-15-16-18-20-22-24-28(30)31-27(25-26-29)23-21-19-17-12-10-8-6-4-2/h26-27H,3-25H2,1-2H3. The largest absolute Gasteiger partial charge is 0.462 e. The van der Waals surface area contributed by atoms with Crippen molar-refractivity contribution in [2.24, 2.45) is 0 Å². The predicted molar refractivity (Wildman–Crippen MR) is 133 cm³/mol. The molecule has 0 amide bonds. The van der Waals surface area contributed by atoms with Gasteiger partial charge in [-0.3, -0.25) is 4.79 Å². The number of rotatable bonds is 25. The number of hydrogen-bond acceptors (Lipinski definition) is 3. The summed E-state index contributed by atoms with van der Waals surface area (Å²) >= 11 is 0. The van der Waals surface area contributed by atoms with Crippen molar-refractivity contribution >= 4 is 12.3 Å². The number of hydrogen-bond donors (Lipinski definition) is 0. The lowest BCUT2D eigenvalue weighted by atomic mass is 10.0. The van der Waals surface area contributed by atoms with Gasteiger partial charge in [-0.2, -0.15) is 0 Å². The number of carbonyl (C=O) groups excluding carboxylic acids is 2. The van der Waals surface area contributed by atoms with Crippen molar-refractivity contribution in [3.05, 3.63) is 0 Å². The van der Waals surface area contributed by atoms with Gasteiger partial charge in [0.1, 0.15) is 12.4 Å². The van der Waals surface area contributed by atoms with Gasteiger partial charge in [0.05, 0.1) is 0 Å². The second-order valence-electron chi connectivity index (χ2n) is 9.42. The minimum atomic E-state index is -0.206. The zero-order valence-corrected chi connectivity index (χ0v) is 21.1. The van der Waals surface area contributed by atoms with Gasteiger partial charge >= 0.3 is 5.97 Å². The van der Waals surface area contributed by atoms with E-state index in [0.29, 0.717) is 12.8 Å². The van der Waals surface area contributed by atoms with Gasteiger partial charge in [-0.05, 0) is 19.3 Å². The SMILES string of the molecule is CCCCCCCCCCCCCCC(=O)OC(CC=O)CCCCCCCCCC. The molecule has 0 aromatic rings. The van der Waals surface area contributed by atoms with Crippen LogP contribution in [0.3, 0.4) is 0 Å². The zero-order chi connectivity index (χ0) is 22.8. The first kappa shape index (κ1) is 30.1. The Morgan fingerprint density at radius 2 is 1.00 bits per heavy atom. The summed E-state index contributed by atoms with van der Waals surface area (Å²) in [5.41, 5.74) is 0. The summed E-state index contributed by atoms with van der Waals surface area (Å²) in [6.45, 7) is 4.51. The quantitative estimate of drug-likeness (QED) is 0.0810. The van der Waals surface area contributed by atoms with E-state index >= 15 is 0 Å². The van der Waals surface area contributed by atoms with Gasteiger partial charge in [-0.15, -0.1) is 0 Å². The molecule has 0 aliphatic rings. The van der Waals surface area contributed by atoms with E-state index in [1.54, 1.807) is 0 Å². The van der Waals surface area contributed by atoms with Crippen LogP contribution < -0.4 is 0 Å². The van der Waals surface area contributed by atoms with Gasteiger partial charge in [0.2, 0.25) is 0 Å². The van der Waals surface area contributed by atoms with Gasteiger partial charge in [0, 0.05) is 12.8 Å². The second-order valence-corrected chi connectivity index (χ2v) is 9.42. The Morgan fingerprint density at radius 1 is 0.613 bits per heavy atom. The Morgan fingerprint density at radius 3 is 1.42 bits per heavy atom. The molecular formula is C28H54O3. The Labute approximate surface area is 194 Å². The molecule has 0 saturated carbocycles. The smallest absolute Gasteiger partial charge is 0.306 e. The van der Waals surface area contributed by atoms with E-state index in [0.717, 1.165) is 32.0 Å². The van der Waals surface area contributed by atoms with E-state index in [1.807, 2.05) is 0 Å². The van der Waals surface area contributed by atoms with E-state index in [2.05, 4.69) is 13.8 Å². The van der Waals surface area contributed by atoms with Crippen LogP contribution in [0.5, 0.6) is 0 Å². The third kappa shape index (κ3) is 23.6. The molecular weight excluding hydrogens is 384 g/mol. The molecule has 0 aliphatic carbocycles. The number of carbonyl (C=O) groups is 2. The molecule has 0 saturated heterocycles. The van der Waals surface area contributed by atoms with Crippen LogP contribution in [0, 0.1) is 0 Å². The van der Waals surface area contributed by atoms with Crippen LogP contribution in [0.4, 0.5) is 0 Å². The van der Waals surface area contributed by atoms with Crippen molar-refractivity contribution in [1.29, 1.82) is 0 Å². The van der Waals surface area contributed by atoms with Crippen molar-refractivity contribution in [3.63, 3.8) is 0 Å². The lowest BCUT2D eigenvalue weighted by Crippen LogP contribution is -2.18. The molecule has 0 N–H and O–H groups in total. The summed E-state index contributed by atoms with van der Waals surface area (Å²) in [5.74, 6) is -0.113. The van der Waals surface area contributed by atoms with Crippen molar-refractivity contribution < 1.29 is 14.3 Å². The first-order valence-electron chi connectivity index (χ1n) is 13.9. The van der Waals surface area contributed by atoms with Gasteiger partial charge in [0.15, 0.2) is 0 Å². The molecule has 0 bridgehead atoms. The summed E-state index contributed by atoms with van der Waals surface area (Å²) in [7, 11) is 0. The van der Waals surface area contributed by atoms with Gasteiger partial charge in [-0.1, -0.05) is 129 Å². The fourth-order valence-corrected chi connectivity index (χ4v) is 4.19. The van der Waals surface area contributed by atoms with Crippen LogP contribution in [0.1, 0.15) is 162 Å². The zero-order valence-electron chi connectivity index (χ0n) is 21.1. The van der Waals surface area contributed by atoms with Gasteiger partial charge in [-0.25, -0.2) is 0 Å². The van der Waals surface area contributed by atoms with Crippen LogP contribution in [0.25, 0.3) is 0 Å². The van der Waals surface area contributed by atoms with Crippen molar-refractivity contribution in [2.45, 2.75) is 168 Å². The molecule has 0 spiro atoms. The molecule has 0 aromatic heterocycles.